The quantitative estimate of drug-likeness (QED) is 0.692. The van der Waals surface area contributed by atoms with Crippen LogP contribution in [0.3, 0.4) is 0 Å². The normalized spacial score (nSPS) is 10.4. The Hall–Kier alpha value is -3.14. The van der Waals surface area contributed by atoms with Crippen molar-refractivity contribution in [3.63, 3.8) is 0 Å². The van der Waals surface area contributed by atoms with Crippen molar-refractivity contribution in [2.75, 3.05) is 0 Å². The van der Waals surface area contributed by atoms with Gasteiger partial charge in [-0.15, -0.1) is 0 Å². The first kappa shape index (κ1) is 15.7. The van der Waals surface area contributed by atoms with Crippen LogP contribution in [0, 0.1) is 0 Å². The van der Waals surface area contributed by atoms with Gasteiger partial charge in [-0.05, 0) is 22.8 Å². The van der Waals surface area contributed by atoms with E-state index in [0.717, 1.165) is 16.7 Å². The van der Waals surface area contributed by atoms with Gasteiger partial charge in [-0.1, -0.05) is 54.6 Å². The van der Waals surface area contributed by atoms with E-state index >= 15 is 0 Å². The van der Waals surface area contributed by atoms with Gasteiger partial charge in [-0.3, -0.25) is 4.79 Å². The van der Waals surface area contributed by atoms with Crippen LogP contribution in [0.2, 0.25) is 0 Å². The number of esters is 1. The van der Waals surface area contributed by atoms with Gasteiger partial charge in [0.05, 0.1) is 5.56 Å². The molecule has 0 aliphatic heterocycles. The lowest BCUT2D eigenvalue weighted by atomic mass is 10.0. The van der Waals surface area contributed by atoms with Crippen LogP contribution >= 0.6 is 0 Å². The van der Waals surface area contributed by atoms with Crippen LogP contribution in [0.5, 0.6) is 0 Å². The molecule has 0 saturated carbocycles. The smallest absolute Gasteiger partial charge is 0.339 e. The summed E-state index contributed by atoms with van der Waals surface area (Å²) in [6, 6.07) is 20.8. The van der Waals surface area contributed by atoms with Gasteiger partial charge < -0.3 is 9.30 Å². The summed E-state index contributed by atoms with van der Waals surface area (Å²) in [6.07, 6.45) is 1.48. The summed E-state index contributed by atoms with van der Waals surface area (Å²) in [7, 11) is 1.60. The number of hydrogen-bond donors (Lipinski definition) is 0. The molecule has 24 heavy (non-hydrogen) atoms. The van der Waals surface area contributed by atoms with Crippen molar-refractivity contribution in [3.05, 3.63) is 94.4 Å². The minimum Gasteiger partial charge on any atom is -0.457 e. The number of rotatable bonds is 4. The third kappa shape index (κ3) is 3.60. The second-order valence-corrected chi connectivity index (χ2v) is 5.51. The number of nitrogens with zero attached hydrogens (tertiary/aromatic N) is 1. The second kappa shape index (κ2) is 6.96. The molecular weight excluding hydrogens is 302 g/mol. The molecule has 1 aromatic heterocycles. The molecule has 0 aliphatic carbocycles. The number of pyridine rings is 1. The third-order valence-electron chi connectivity index (χ3n) is 3.75. The first-order valence-corrected chi connectivity index (χ1v) is 7.62. The zero-order chi connectivity index (χ0) is 16.9. The average Bonchev–Trinajstić information content (AvgIpc) is 2.63. The number of carbonyl (C=O) groups excluding carboxylic acids is 1. The highest BCUT2D eigenvalue weighted by atomic mass is 16.5. The number of benzene rings is 2. The first-order chi connectivity index (χ1) is 11.6. The van der Waals surface area contributed by atoms with Crippen LogP contribution in [0.25, 0.3) is 11.1 Å². The Morgan fingerprint density at radius 2 is 1.58 bits per heavy atom. The predicted octanol–water partition coefficient (Wildman–Crippen LogP) is 3.41. The van der Waals surface area contributed by atoms with Crippen molar-refractivity contribution in [1.29, 1.82) is 0 Å². The molecule has 0 fully saturated rings. The molecule has 0 N–H and O–H groups in total. The third-order valence-corrected chi connectivity index (χ3v) is 3.75. The highest BCUT2D eigenvalue weighted by Gasteiger charge is 2.08. The van der Waals surface area contributed by atoms with E-state index in [4.69, 9.17) is 4.74 Å². The van der Waals surface area contributed by atoms with Gasteiger partial charge >= 0.3 is 5.97 Å². The molecule has 0 amide bonds. The summed E-state index contributed by atoms with van der Waals surface area (Å²) in [5, 5.41) is 0. The van der Waals surface area contributed by atoms with E-state index < -0.39 is 5.97 Å². The van der Waals surface area contributed by atoms with Crippen LogP contribution in [-0.4, -0.2) is 10.5 Å². The zero-order valence-electron chi connectivity index (χ0n) is 13.3. The van der Waals surface area contributed by atoms with Crippen molar-refractivity contribution >= 4 is 5.97 Å². The number of carbonyl (C=O) groups is 1. The SMILES string of the molecule is Cn1cc(C(=O)OCc2ccc(-c3ccccc3)cc2)ccc1=O. The molecule has 4 heteroatoms. The fraction of sp³-hybridized carbons (Fsp3) is 0.100. The maximum atomic E-state index is 12.0. The summed E-state index contributed by atoms with van der Waals surface area (Å²) >= 11 is 0. The topological polar surface area (TPSA) is 48.3 Å². The fourth-order valence-corrected chi connectivity index (χ4v) is 2.37. The van der Waals surface area contributed by atoms with Crippen LogP contribution in [0.15, 0.2) is 77.7 Å². The summed E-state index contributed by atoms with van der Waals surface area (Å²) in [6.45, 7) is 0.191. The second-order valence-electron chi connectivity index (χ2n) is 5.51. The Labute approximate surface area is 140 Å². The Balaban J connectivity index is 1.65. The molecule has 3 aromatic rings. The van der Waals surface area contributed by atoms with Crippen LogP contribution in [-0.2, 0) is 18.4 Å². The van der Waals surface area contributed by atoms with Crippen molar-refractivity contribution < 1.29 is 9.53 Å². The van der Waals surface area contributed by atoms with Gasteiger partial charge in [0, 0.05) is 19.3 Å². The predicted molar refractivity (Wildman–Crippen MR) is 92.7 cm³/mol. The maximum absolute atomic E-state index is 12.0. The molecule has 2 aromatic carbocycles. The molecule has 0 unspecified atom stereocenters. The first-order valence-electron chi connectivity index (χ1n) is 7.62. The Kier molecular flexibility index (Phi) is 4.57. The number of aryl methyl sites for hydroxylation is 1. The van der Waals surface area contributed by atoms with Crippen molar-refractivity contribution in [2.24, 2.45) is 7.05 Å². The lowest BCUT2D eigenvalue weighted by Gasteiger charge is -2.07. The standard InChI is InChI=1S/C20H17NO3/c1-21-13-18(11-12-19(21)22)20(23)24-14-15-7-9-17(10-8-15)16-5-3-2-4-6-16/h2-13H,14H2,1H3. The van der Waals surface area contributed by atoms with Gasteiger partial charge in [0.25, 0.3) is 0 Å². The van der Waals surface area contributed by atoms with E-state index in [1.807, 2.05) is 42.5 Å². The minimum absolute atomic E-state index is 0.164. The number of hydrogen-bond acceptors (Lipinski definition) is 3. The van der Waals surface area contributed by atoms with Crippen LogP contribution in [0.1, 0.15) is 15.9 Å². The summed E-state index contributed by atoms with van der Waals surface area (Å²) in [5.41, 5.74) is 3.36. The van der Waals surface area contributed by atoms with E-state index in [-0.39, 0.29) is 12.2 Å². The van der Waals surface area contributed by atoms with E-state index in [1.165, 1.54) is 22.9 Å². The lowest BCUT2D eigenvalue weighted by molar-refractivity contribution is 0.0471. The Morgan fingerprint density at radius 1 is 0.917 bits per heavy atom. The van der Waals surface area contributed by atoms with E-state index in [9.17, 15) is 9.59 Å². The Morgan fingerprint density at radius 3 is 2.25 bits per heavy atom. The molecule has 0 aliphatic rings. The molecule has 120 valence electrons. The van der Waals surface area contributed by atoms with Gasteiger partial charge in [-0.25, -0.2) is 4.79 Å². The highest BCUT2D eigenvalue weighted by Crippen LogP contribution is 2.19. The van der Waals surface area contributed by atoms with E-state index in [2.05, 4.69) is 12.1 Å². The van der Waals surface area contributed by atoms with Crippen molar-refractivity contribution in [2.45, 2.75) is 6.61 Å². The van der Waals surface area contributed by atoms with Gasteiger partial charge in [-0.2, -0.15) is 0 Å². The van der Waals surface area contributed by atoms with Crippen molar-refractivity contribution in [3.8, 4) is 11.1 Å². The molecule has 1 heterocycles. The minimum atomic E-state index is -0.447. The zero-order valence-corrected chi connectivity index (χ0v) is 13.3. The van der Waals surface area contributed by atoms with Crippen LogP contribution < -0.4 is 5.56 Å². The molecule has 0 radical (unpaired) electrons. The van der Waals surface area contributed by atoms with Crippen molar-refractivity contribution in [1.82, 2.24) is 4.57 Å². The number of ether oxygens (including phenoxy) is 1. The lowest BCUT2D eigenvalue weighted by Crippen LogP contribution is -2.17. The molecular formula is C20H17NO3. The van der Waals surface area contributed by atoms with Crippen LogP contribution in [0.4, 0.5) is 0 Å². The van der Waals surface area contributed by atoms with Gasteiger partial charge in [0.15, 0.2) is 0 Å². The highest BCUT2D eigenvalue weighted by molar-refractivity contribution is 5.88. The summed E-state index contributed by atoms with van der Waals surface area (Å²) < 4.78 is 6.65. The maximum Gasteiger partial charge on any atom is 0.339 e. The molecule has 0 saturated heterocycles. The van der Waals surface area contributed by atoms with Gasteiger partial charge in [0.1, 0.15) is 6.61 Å². The molecule has 0 atom stereocenters. The Bertz CT molecular complexity index is 896. The average molecular weight is 319 g/mol. The van der Waals surface area contributed by atoms with E-state index in [1.54, 1.807) is 7.05 Å². The summed E-state index contributed by atoms with van der Waals surface area (Å²) in [4.78, 5) is 23.4. The molecule has 0 spiro atoms. The van der Waals surface area contributed by atoms with Gasteiger partial charge in [0.2, 0.25) is 5.56 Å². The monoisotopic (exact) mass is 319 g/mol. The summed E-state index contributed by atoms with van der Waals surface area (Å²) in [5.74, 6) is -0.447. The van der Waals surface area contributed by atoms with E-state index in [0.29, 0.717) is 5.56 Å². The molecule has 3 rings (SSSR count). The number of aromatic nitrogens is 1. The fourth-order valence-electron chi connectivity index (χ4n) is 2.37. The molecule has 4 nitrogen and oxygen atoms in total. The largest absolute Gasteiger partial charge is 0.457 e. The molecule has 0 bridgehead atoms.